The lowest BCUT2D eigenvalue weighted by Crippen LogP contribution is -2.34. The van der Waals surface area contributed by atoms with E-state index in [0.717, 1.165) is 13.0 Å². The average Bonchev–Trinajstić information content (AvgIpc) is 2.37. The zero-order valence-corrected chi connectivity index (χ0v) is 14.5. The first-order valence-electron chi connectivity index (χ1n) is 8.34. The van der Waals surface area contributed by atoms with Gasteiger partial charge in [0, 0.05) is 12.0 Å². The Hall–Kier alpha value is -0.120. The second kappa shape index (κ2) is 11.5. The van der Waals surface area contributed by atoms with Gasteiger partial charge in [0.1, 0.15) is 0 Å². The van der Waals surface area contributed by atoms with Crippen LogP contribution >= 0.6 is 0 Å². The zero-order chi connectivity index (χ0) is 15.4. The van der Waals surface area contributed by atoms with E-state index >= 15 is 0 Å². The van der Waals surface area contributed by atoms with Crippen molar-refractivity contribution in [2.75, 3.05) is 27.2 Å². The normalized spacial score (nSPS) is 13.9. The van der Waals surface area contributed by atoms with Gasteiger partial charge < -0.3 is 14.7 Å². The second-order valence-corrected chi connectivity index (χ2v) is 6.89. The Morgan fingerprint density at radius 3 is 2.10 bits per heavy atom. The third-order valence-corrected chi connectivity index (χ3v) is 3.91. The first-order valence-corrected chi connectivity index (χ1v) is 8.34. The van der Waals surface area contributed by atoms with Crippen LogP contribution in [0.2, 0.25) is 0 Å². The zero-order valence-electron chi connectivity index (χ0n) is 14.5. The second-order valence-electron chi connectivity index (χ2n) is 6.89. The van der Waals surface area contributed by atoms with Gasteiger partial charge in [0.15, 0.2) is 6.29 Å². The summed E-state index contributed by atoms with van der Waals surface area (Å²) in [4.78, 5) is 2.07. The SMILES string of the molecule is CCCCCCCCCC(C)(C)C(O)OCCN(C)C. The predicted octanol–water partition coefficient (Wildman–Crippen LogP) is 4.05. The van der Waals surface area contributed by atoms with Gasteiger partial charge in [0.25, 0.3) is 0 Å². The molecule has 3 heteroatoms. The van der Waals surface area contributed by atoms with Crippen molar-refractivity contribution in [2.24, 2.45) is 5.41 Å². The van der Waals surface area contributed by atoms with Crippen molar-refractivity contribution in [3.8, 4) is 0 Å². The number of likely N-dealkylation sites (N-methyl/N-ethyl adjacent to an activating group) is 1. The number of hydrogen-bond acceptors (Lipinski definition) is 3. The largest absolute Gasteiger partial charge is 0.368 e. The summed E-state index contributed by atoms with van der Waals surface area (Å²) in [5.74, 6) is 0. The van der Waals surface area contributed by atoms with Crippen molar-refractivity contribution in [1.82, 2.24) is 4.90 Å². The molecule has 1 unspecified atom stereocenters. The summed E-state index contributed by atoms with van der Waals surface area (Å²) in [6.45, 7) is 7.90. The molecule has 0 amide bonds. The van der Waals surface area contributed by atoms with E-state index in [1.807, 2.05) is 14.1 Å². The van der Waals surface area contributed by atoms with Crippen LogP contribution in [0.25, 0.3) is 0 Å². The summed E-state index contributed by atoms with van der Waals surface area (Å²) < 4.78 is 5.54. The summed E-state index contributed by atoms with van der Waals surface area (Å²) in [6, 6.07) is 0. The van der Waals surface area contributed by atoms with Crippen LogP contribution in [-0.4, -0.2) is 43.5 Å². The smallest absolute Gasteiger partial charge is 0.159 e. The Labute approximate surface area is 126 Å². The van der Waals surface area contributed by atoms with Gasteiger partial charge in [-0.25, -0.2) is 0 Å². The maximum Gasteiger partial charge on any atom is 0.159 e. The Balaban J connectivity index is 3.65. The molecule has 0 aliphatic carbocycles. The van der Waals surface area contributed by atoms with E-state index in [1.165, 1.54) is 44.9 Å². The van der Waals surface area contributed by atoms with Gasteiger partial charge in [0.05, 0.1) is 6.61 Å². The van der Waals surface area contributed by atoms with Crippen molar-refractivity contribution in [3.63, 3.8) is 0 Å². The first kappa shape index (κ1) is 19.9. The van der Waals surface area contributed by atoms with Crippen molar-refractivity contribution in [2.45, 2.75) is 78.4 Å². The Kier molecular flexibility index (Phi) is 11.5. The van der Waals surface area contributed by atoms with Crippen LogP contribution in [0.1, 0.15) is 72.1 Å². The van der Waals surface area contributed by atoms with Gasteiger partial charge in [-0.05, 0) is 20.5 Å². The van der Waals surface area contributed by atoms with Crippen LogP contribution < -0.4 is 0 Å². The fourth-order valence-corrected chi connectivity index (χ4v) is 2.23. The quantitative estimate of drug-likeness (QED) is 0.410. The summed E-state index contributed by atoms with van der Waals surface area (Å²) in [7, 11) is 4.03. The summed E-state index contributed by atoms with van der Waals surface area (Å²) in [5.41, 5.74) is -0.143. The summed E-state index contributed by atoms with van der Waals surface area (Å²) in [6.07, 6.45) is 9.57. The van der Waals surface area contributed by atoms with Gasteiger partial charge in [-0.1, -0.05) is 65.7 Å². The van der Waals surface area contributed by atoms with E-state index in [9.17, 15) is 5.11 Å². The summed E-state index contributed by atoms with van der Waals surface area (Å²) in [5, 5.41) is 10.1. The van der Waals surface area contributed by atoms with Gasteiger partial charge in [-0.2, -0.15) is 0 Å². The number of aliphatic hydroxyl groups excluding tert-OH is 1. The van der Waals surface area contributed by atoms with E-state index < -0.39 is 6.29 Å². The molecule has 0 aliphatic heterocycles. The van der Waals surface area contributed by atoms with Crippen molar-refractivity contribution in [3.05, 3.63) is 0 Å². The number of unbranched alkanes of at least 4 members (excludes halogenated alkanes) is 6. The molecular formula is C17H37NO2. The number of hydrogen-bond donors (Lipinski definition) is 1. The van der Waals surface area contributed by atoms with E-state index in [1.54, 1.807) is 0 Å². The highest BCUT2D eigenvalue weighted by atomic mass is 16.6. The van der Waals surface area contributed by atoms with Crippen LogP contribution in [0.3, 0.4) is 0 Å². The van der Waals surface area contributed by atoms with Gasteiger partial charge in [-0.3, -0.25) is 0 Å². The van der Waals surface area contributed by atoms with E-state index in [-0.39, 0.29) is 5.41 Å². The molecule has 0 radical (unpaired) electrons. The average molecular weight is 287 g/mol. The van der Waals surface area contributed by atoms with Crippen molar-refractivity contribution < 1.29 is 9.84 Å². The Morgan fingerprint density at radius 1 is 1.00 bits per heavy atom. The molecule has 3 nitrogen and oxygen atoms in total. The maximum absolute atomic E-state index is 10.1. The van der Waals surface area contributed by atoms with Crippen LogP contribution in [0, 0.1) is 5.41 Å². The number of aliphatic hydroxyl groups is 1. The maximum atomic E-state index is 10.1. The fourth-order valence-electron chi connectivity index (χ4n) is 2.23. The molecule has 0 rings (SSSR count). The predicted molar refractivity (Wildman–Crippen MR) is 86.9 cm³/mol. The molecule has 0 saturated heterocycles. The molecule has 20 heavy (non-hydrogen) atoms. The topological polar surface area (TPSA) is 32.7 Å². The minimum absolute atomic E-state index is 0.143. The molecule has 1 atom stereocenters. The molecule has 0 aromatic heterocycles. The van der Waals surface area contributed by atoms with Gasteiger partial charge in [-0.15, -0.1) is 0 Å². The minimum Gasteiger partial charge on any atom is -0.368 e. The molecule has 1 N–H and O–H groups in total. The van der Waals surface area contributed by atoms with E-state index in [0.29, 0.717) is 6.61 Å². The highest BCUT2D eigenvalue weighted by molar-refractivity contribution is 4.72. The molecule has 0 aromatic rings. The number of ether oxygens (including phenoxy) is 1. The van der Waals surface area contributed by atoms with E-state index in [4.69, 9.17) is 4.74 Å². The monoisotopic (exact) mass is 287 g/mol. The van der Waals surface area contributed by atoms with E-state index in [2.05, 4.69) is 25.7 Å². The van der Waals surface area contributed by atoms with Crippen molar-refractivity contribution >= 4 is 0 Å². The van der Waals surface area contributed by atoms with Gasteiger partial charge in [0.2, 0.25) is 0 Å². The molecule has 0 fully saturated rings. The van der Waals surface area contributed by atoms with Crippen LogP contribution in [0.4, 0.5) is 0 Å². The molecule has 0 bridgehead atoms. The number of rotatable bonds is 13. The fraction of sp³-hybridized carbons (Fsp3) is 1.00. The number of nitrogens with zero attached hydrogens (tertiary/aromatic N) is 1. The molecule has 0 aromatic carbocycles. The lowest BCUT2D eigenvalue weighted by molar-refractivity contribution is -0.168. The van der Waals surface area contributed by atoms with Crippen LogP contribution in [0.15, 0.2) is 0 Å². The first-order chi connectivity index (χ1) is 9.40. The van der Waals surface area contributed by atoms with Crippen molar-refractivity contribution in [1.29, 1.82) is 0 Å². The molecular weight excluding hydrogens is 250 g/mol. The standard InChI is InChI=1S/C17H37NO2/c1-6-7-8-9-10-11-12-13-17(2,3)16(19)20-15-14-18(4)5/h16,19H,6-15H2,1-5H3. The lowest BCUT2D eigenvalue weighted by atomic mass is 9.86. The third-order valence-electron chi connectivity index (χ3n) is 3.91. The Bertz CT molecular complexity index is 217. The van der Waals surface area contributed by atoms with Gasteiger partial charge >= 0.3 is 0 Å². The molecule has 0 heterocycles. The molecule has 122 valence electrons. The summed E-state index contributed by atoms with van der Waals surface area (Å²) >= 11 is 0. The minimum atomic E-state index is -0.650. The highest BCUT2D eigenvalue weighted by Gasteiger charge is 2.27. The Morgan fingerprint density at radius 2 is 1.55 bits per heavy atom. The van der Waals surface area contributed by atoms with Crippen LogP contribution in [-0.2, 0) is 4.74 Å². The molecule has 0 aliphatic rings. The molecule has 0 spiro atoms. The highest BCUT2D eigenvalue weighted by Crippen LogP contribution is 2.29. The third kappa shape index (κ3) is 10.6. The molecule has 0 saturated carbocycles. The van der Waals surface area contributed by atoms with Crippen LogP contribution in [0.5, 0.6) is 0 Å². The lowest BCUT2D eigenvalue weighted by Gasteiger charge is -2.30.